The SMILES string of the molecule is COCc1cc(N2CCN(C(=O)OC(C)(C)C)CC2)ccc1CCN. The second-order valence-corrected chi connectivity index (χ2v) is 7.38. The first-order valence-electron chi connectivity index (χ1n) is 8.87. The molecule has 1 saturated heterocycles. The van der Waals surface area contributed by atoms with E-state index in [4.69, 9.17) is 15.2 Å². The number of anilines is 1. The summed E-state index contributed by atoms with van der Waals surface area (Å²) in [5, 5.41) is 0. The molecule has 0 aliphatic carbocycles. The van der Waals surface area contributed by atoms with Gasteiger partial charge in [-0.25, -0.2) is 4.79 Å². The van der Waals surface area contributed by atoms with Crippen LogP contribution in [0.2, 0.25) is 0 Å². The zero-order chi connectivity index (χ0) is 18.4. The van der Waals surface area contributed by atoms with E-state index < -0.39 is 5.60 Å². The van der Waals surface area contributed by atoms with Crippen LogP contribution < -0.4 is 10.6 Å². The first-order valence-corrected chi connectivity index (χ1v) is 8.87. The predicted molar refractivity (Wildman–Crippen MR) is 99.9 cm³/mol. The smallest absolute Gasteiger partial charge is 0.410 e. The summed E-state index contributed by atoms with van der Waals surface area (Å²) >= 11 is 0. The molecule has 0 atom stereocenters. The molecule has 0 unspecified atom stereocenters. The summed E-state index contributed by atoms with van der Waals surface area (Å²) in [4.78, 5) is 16.2. The maximum absolute atomic E-state index is 12.2. The van der Waals surface area contributed by atoms with Gasteiger partial charge in [0.05, 0.1) is 6.61 Å². The summed E-state index contributed by atoms with van der Waals surface area (Å²) in [6, 6.07) is 6.45. The molecule has 0 radical (unpaired) electrons. The minimum absolute atomic E-state index is 0.231. The Kier molecular flexibility index (Phi) is 6.67. The van der Waals surface area contributed by atoms with E-state index in [1.165, 1.54) is 11.1 Å². The minimum Gasteiger partial charge on any atom is -0.444 e. The molecule has 1 aliphatic heterocycles. The van der Waals surface area contributed by atoms with Gasteiger partial charge in [-0.15, -0.1) is 0 Å². The third kappa shape index (κ3) is 5.61. The monoisotopic (exact) mass is 349 g/mol. The van der Waals surface area contributed by atoms with Crippen LogP contribution in [0.5, 0.6) is 0 Å². The maximum atomic E-state index is 12.2. The van der Waals surface area contributed by atoms with Crippen molar-refractivity contribution in [2.75, 3.05) is 44.7 Å². The van der Waals surface area contributed by atoms with Crippen LogP contribution in [0.25, 0.3) is 0 Å². The highest BCUT2D eigenvalue weighted by Crippen LogP contribution is 2.23. The number of carbonyl (C=O) groups excluding carboxylic acids is 1. The van der Waals surface area contributed by atoms with Gasteiger partial charge in [0.2, 0.25) is 0 Å². The summed E-state index contributed by atoms with van der Waals surface area (Å²) in [5.41, 5.74) is 8.82. The van der Waals surface area contributed by atoms with Gasteiger partial charge in [-0.3, -0.25) is 0 Å². The van der Waals surface area contributed by atoms with E-state index in [-0.39, 0.29) is 6.09 Å². The van der Waals surface area contributed by atoms with Gasteiger partial charge in [-0.05, 0) is 57.0 Å². The van der Waals surface area contributed by atoms with E-state index in [2.05, 4.69) is 23.1 Å². The van der Waals surface area contributed by atoms with Gasteiger partial charge in [0.25, 0.3) is 0 Å². The van der Waals surface area contributed by atoms with E-state index in [0.29, 0.717) is 26.2 Å². The molecule has 0 spiro atoms. The third-order valence-electron chi connectivity index (χ3n) is 4.20. The number of ether oxygens (including phenoxy) is 2. The second-order valence-electron chi connectivity index (χ2n) is 7.38. The van der Waals surface area contributed by atoms with Gasteiger partial charge in [-0.1, -0.05) is 6.07 Å². The zero-order valence-corrected chi connectivity index (χ0v) is 15.9. The molecule has 1 heterocycles. The van der Waals surface area contributed by atoms with Gasteiger partial charge < -0.3 is 25.0 Å². The molecule has 25 heavy (non-hydrogen) atoms. The van der Waals surface area contributed by atoms with Crippen molar-refractivity contribution >= 4 is 11.8 Å². The molecule has 1 fully saturated rings. The van der Waals surface area contributed by atoms with E-state index in [1.54, 1.807) is 12.0 Å². The molecule has 2 N–H and O–H groups in total. The summed E-state index contributed by atoms with van der Waals surface area (Å²) in [5.74, 6) is 0. The Balaban J connectivity index is 2.00. The molecular weight excluding hydrogens is 318 g/mol. The fourth-order valence-electron chi connectivity index (χ4n) is 2.97. The van der Waals surface area contributed by atoms with E-state index in [1.807, 2.05) is 20.8 Å². The Morgan fingerprint density at radius 2 is 1.84 bits per heavy atom. The zero-order valence-electron chi connectivity index (χ0n) is 15.9. The number of hydrogen-bond acceptors (Lipinski definition) is 5. The summed E-state index contributed by atoms with van der Waals surface area (Å²) in [6.45, 7) is 9.80. The van der Waals surface area contributed by atoms with E-state index >= 15 is 0 Å². The molecule has 0 bridgehead atoms. The quantitative estimate of drug-likeness (QED) is 0.884. The van der Waals surface area contributed by atoms with Crippen LogP contribution in [0.4, 0.5) is 10.5 Å². The second kappa shape index (κ2) is 8.54. The molecule has 6 nitrogen and oxygen atoms in total. The highest BCUT2D eigenvalue weighted by Gasteiger charge is 2.26. The van der Waals surface area contributed by atoms with Gasteiger partial charge in [-0.2, -0.15) is 0 Å². The molecule has 1 amide bonds. The summed E-state index contributed by atoms with van der Waals surface area (Å²) in [6.07, 6.45) is 0.622. The molecule has 1 aliphatic rings. The normalized spacial score (nSPS) is 15.4. The van der Waals surface area contributed by atoms with Crippen LogP contribution in [0.3, 0.4) is 0 Å². The standard InChI is InChI=1S/C19H31N3O3/c1-19(2,3)25-18(23)22-11-9-21(10-12-22)17-6-5-15(7-8-20)16(13-17)14-24-4/h5-6,13H,7-12,14,20H2,1-4H3. The highest BCUT2D eigenvalue weighted by atomic mass is 16.6. The van der Waals surface area contributed by atoms with E-state index in [9.17, 15) is 4.79 Å². The average Bonchev–Trinajstić information content (AvgIpc) is 2.55. The van der Waals surface area contributed by atoms with Gasteiger partial charge in [0, 0.05) is 39.0 Å². The van der Waals surface area contributed by atoms with E-state index in [0.717, 1.165) is 25.2 Å². The number of benzene rings is 1. The van der Waals surface area contributed by atoms with Gasteiger partial charge >= 0.3 is 6.09 Å². The number of hydrogen-bond donors (Lipinski definition) is 1. The lowest BCUT2D eigenvalue weighted by Gasteiger charge is -2.37. The lowest BCUT2D eigenvalue weighted by Crippen LogP contribution is -2.50. The third-order valence-corrected chi connectivity index (χ3v) is 4.20. The van der Waals surface area contributed by atoms with Gasteiger partial charge in [0.15, 0.2) is 0 Å². The topological polar surface area (TPSA) is 68.0 Å². The summed E-state index contributed by atoms with van der Waals surface area (Å²) < 4.78 is 10.8. The van der Waals surface area contributed by atoms with Crippen molar-refractivity contribution in [3.63, 3.8) is 0 Å². The number of methoxy groups -OCH3 is 1. The van der Waals surface area contributed by atoms with Crippen molar-refractivity contribution in [1.82, 2.24) is 4.90 Å². The van der Waals surface area contributed by atoms with Gasteiger partial charge in [0.1, 0.15) is 5.60 Å². The van der Waals surface area contributed by atoms with Crippen LogP contribution >= 0.6 is 0 Å². The molecule has 1 aromatic rings. The number of amides is 1. The Bertz CT molecular complexity index is 576. The van der Waals surface area contributed by atoms with Crippen LogP contribution in [0, 0.1) is 0 Å². The van der Waals surface area contributed by atoms with Crippen molar-refractivity contribution in [3.05, 3.63) is 29.3 Å². The summed E-state index contributed by atoms with van der Waals surface area (Å²) in [7, 11) is 1.71. The first-order chi connectivity index (χ1) is 11.8. The molecule has 1 aromatic carbocycles. The number of rotatable bonds is 5. The predicted octanol–water partition coefficient (Wildman–Crippen LogP) is 2.39. The molecular formula is C19H31N3O3. The number of piperazine rings is 1. The Morgan fingerprint density at radius 1 is 1.16 bits per heavy atom. The molecule has 2 rings (SSSR count). The van der Waals surface area contributed by atoms with Crippen molar-refractivity contribution < 1.29 is 14.3 Å². The molecule has 0 aromatic heterocycles. The first kappa shape index (κ1) is 19.5. The number of nitrogens with zero attached hydrogens (tertiary/aromatic N) is 2. The van der Waals surface area contributed by atoms with Crippen LogP contribution in [0.15, 0.2) is 18.2 Å². The van der Waals surface area contributed by atoms with Crippen molar-refractivity contribution in [3.8, 4) is 0 Å². The maximum Gasteiger partial charge on any atom is 0.410 e. The van der Waals surface area contributed by atoms with Crippen molar-refractivity contribution in [2.45, 2.75) is 39.4 Å². The Morgan fingerprint density at radius 3 is 2.40 bits per heavy atom. The van der Waals surface area contributed by atoms with Crippen LogP contribution in [0.1, 0.15) is 31.9 Å². The lowest BCUT2D eigenvalue weighted by atomic mass is 10.0. The Hall–Kier alpha value is -1.79. The van der Waals surface area contributed by atoms with Crippen molar-refractivity contribution in [2.24, 2.45) is 5.73 Å². The number of nitrogens with two attached hydrogens (primary N) is 1. The highest BCUT2D eigenvalue weighted by molar-refractivity contribution is 5.68. The minimum atomic E-state index is -0.456. The number of carbonyl (C=O) groups is 1. The Labute approximate surface area is 150 Å². The molecule has 6 heteroatoms. The van der Waals surface area contributed by atoms with Crippen molar-refractivity contribution in [1.29, 1.82) is 0 Å². The molecule has 140 valence electrons. The largest absolute Gasteiger partial charge is 0.444 e. The average molecular weight is 349 g/mol. The van der Waals surface area contributed by atoms with Crippen LogP contribution in [-0.4, -0.2) is 56.4 Å². The van der Waals surface area contributed by atoms with Crippen LogP contribution in [-0.2, 0) is 22.5 Å². The fraction of sp³-hybridized carbons (Fsp3) is 0.632. The lowest BCUT2D eigenvalue weighted by molar-refractivity contribution is 0.0240. The molecule has 0 saturated carbocycles. The fourth-order valence-corrected chi connectivity index (χ4v) is 2.97.